The zero-order valence-corrected chi connectivity index (χ0v) is 17.6. The molecule has 0 unspecified atom stereocenters. The number of aromatic nitrogens is 2. The maximum absolute atomic E-state index is 6.09. The van der Waals surface area contributed by atoms with Crippen LogP contribution in [-0.4, -0.2) is 22.4 Å². The smallest absolute Gasteiger partial charge is 0.206 e. The van der Waals surface area contributed by atoms with E-state index in [0.29, 0.717) is 6.54 Å². The molecule has 5 rings (SSSR count). The number of thiazole rings is 1. The Balaban J connectivity index is 1.52. The summed E-state index contributed by atoms with van der Waals surface area (Å²) in [5.74, 6) is 0.764. The Morgan fingerprint density at radius 3 is 2.65 bits per heavy atom. The summed E-state index contributed by atoms with van der Waals surface area (Å²) < 4.78 is 7.92. The third kappa shape index (κ3) is 4.39. The molecule has 31 heavy (non-hydrogen) atoms. The van der Waals surface area contributed by atoms with Crippen molar-refractivity contribution in [3.63, 3.8) is 0 Å². The Labute approximate surface area is 183 Å². The number of nitrogens with zero attached hydrogens (tertiary/aromatic N) is 4. The van der Waals surface area contributed by atoms with Gasteiger partial charge in [0.25, 0.3) is 0 Å². The van der Waals surface area contributed by atoms with E-state index < -0.39 is 0 Å². The van der Waals surface area contributed by atoms with Gasteiger partial charge in [-0.15, -0.1) is 11.3 Å². The summed E-state index contributed by atoms with van der Waals surface area (Å²) in [5.41, 5.74) is 3.77. The highest BCUT2D eigenvalue weighted by atomic mass is 32.1. The predicted octanol–water partition coefficient (Wildman–Crippen LogP) is 5.38. The minimum absolute atomic E-state index is 0.684. The molecule has 2 aromatic carbocycles. The van der Waals surface area contributed by atoms with Crippen LogP contribution in [0.3, 0.4) is 0 Å². The highest BCUT2D eigenvalue weighted by Gasteiger charge is 2.12. The Morgan fingerprint density at radius 1 is 0.968 bits per heavy atom. The zero-order chi connectivity index (χ0) is 20.9. The number of para-hydroxylation sites is 1. The van der Waals surface area contributed by atoms with E-state index in [2.05, 4.69) is 29.2 Å². The Morgan fingerprint density at radius 2 is 1.81 bits per heavy atom. The lowest BCUT2D eigenvalue weighted by Gasteiger charge is -2.01. The zero-order valence-electron chi connectivity index (χ0n) is 16.8. The highest BCUT2D eigenvalue weighted by molar-refractivity contribution is 7.07. The maximum atomic E-state index is 6.09. The minimum Gasteiger partial charge on any atom is -0.454 e. The molecule has 0 aliphatic rings. The van der Waals surface area contributed by atoms with Crippen LogP contribution in [0.1, 0.15) is 11.3 Å². The third-order valence-electron chi connectivity index (χ3n) is 4.85. The minimum atomic E-state index is 0.684. The topological polar surface area (TPSA) is 55.7 Å². The van der Waals surface area contributed by atoms with Crippen molar-refractivity contribution >= 4 is 28.5 Å². The van der Waals surface area contributed by atoms with Gasteiger partial charge in [-0.2, -0.15) is 5.10 Å². The summed E-state index contributed by atoms with van der Waals surface area (Å²) in [7, 11) is 0. The quantitative estimate of drug-likeness (QED) is 0.344. The van der Waals surface area contributed by atoms with Crippen molar-refractivity contribution in [3.05, 3.63) is 106 Å². The van der Waals surface area contributed by atoms with Crippen LogP contribution in [-0.2, 0) is 6.42 Å². The lowest BCUT2D eigenvalue weighted by molar-refractivity contribution is 0.621. The number of benzene rings is 2. The summed E-state index contributed by atoms with van der Waals surface area (Å²) in [6.07, 6.45) is 4.38. The van der Waals surface area contributed by atoms with Gasteiger partial charge < -0.3 is 4.42 Å². The van der Waals surface area contributed by atoms with E-state index in [-0.39, 0.29) is 0 Å². The van der Waals surface area contributed by atoms with Crippen molar-refractivity contribution in [2.24, 2.45) is 10.1 Å². The molecule has 3 heterocycles. The van der Waals surface area contributed by atoms with E-state index >= 15 is 0 Å². The number of rotatable bonds is 6. The molecule has 0 spiro atoms. The molecule has 0 N–H and O–H groups in total. The SMILES string of the molecule is C(=Nn1c(-c2cc3ccccc3o2)csc1=NCCc1ccccc1)c1ccccn1. The van der Waals surface area contributed by atoms with E-state index in [9.17, 15) is 0 Å². The number of pyridine rings is 1. The molecular formula is C25H20N4OS. The first kappa shape index (κ1) is 19.2. The van der Waals surface area contributed by atoms with Gasteiger partial charge in [-0.05, 0) is 36.2 Å². The molecule has 0 atom stereocenters. The fourth-order valence-corrected chi connectivity index (χ4v) is 4.14. The van der Waals surface area contributed by atoms with Crippen molar-refractivity contribution in [1.29, 1.82) is 0 Å². The van der Waals surface area contributed by atoms with Gasteiger partial charge in [-0.25, -0.2) is 4.68 Å². The van der Waals surface area contributed by atoms with Gasteiger partial charge in [0.2, 0.25) is 4.80 Å². The van der Waals surface area contributed by atoms with E-state index in [1.165, 1.54) is 5.56 Å². The number of hydrogen-bond donors (Lipinski definition) is 0. The Bertz CT molecular complexity index is 1350. The predicted molar refractivity (Wildman–Crippen MR) is 125 cm³/mol. The molecule has 6 heteroatoms. The van der Waals surface area contributed by atoms with Crippen LogP contribution in [0.4, 0.5) is 0 Å². The van der Waals surface area contributed by atoms with E-state index in [1.807, 2.05) is 64.7 Å². The monoisotopic (exact) mass is 424 g/mol. The second-order valence-corrected chi connectivity index (χ2v) is 7.82. The van der Waals surface area contributed by atoms with Crippen molar-refractivity contribution in [2.45, 2.75) is 6.42 Å². The van der Waals surface area contributed by atoms with Crippen molar-refractivity contribution < 1.29 is 4.42 Å². The molecule has 0 radical (unpaired) electrons. The standard InChI is InChI=1S/C25H20N4OS/c1-2-8-19(9-3-1)13-15-27-25-29(28-17-21-11-6-7-14-26-21)22(18-31-25)24-16-20-10-4-5-12-23(20)30-24/h1-12,14,16-18H,13,15H2. The van der Waals surface area contributed by atoms with E-state index in [0.717, 1.165) is 39.3 Å². The number of fused-ring (bicyclic) bond motifs is 1. The van der Waals surface area contributed by atoms with Gasteiger partial charge in [0.05, 0.1) is 11.9 Å². The normalized spacial score (nSPS) is 12.2. The molecule has 5 nitrogen and oxygen atoms in total. The number of hydrogen-bond acceptors (Lipinski definition) is 5. The Hall–Kier alpha value is -3.77. The van der Waals surface area contributed by atoms with Gasteiger partial charge in [0.15, 0.2) is 5.76 Å². The second-order valence-electron chi connectivity index (χ2n) is 6.98. The van der Waals surface area contributed by atoms with Crippen molar-refractivity contribution in [3.8, 4) is 11.5 Å². The van der Waals surface area contributed by atoms with Crippen LogP contribution in [0.25, 0.3) is 22.4 Å². The fourth-order valence-electron chi connectivity index (χ4n) is 3.29. The lowest BCUT2D eigenvalue weighted by Crippen LogP contribution is -2.13. The van der Waals surface area contributed by atoms with Crippen LogP contribution in [0.2, 0.25) is 0 Å². The van der Waals surface area contributed by atoms with Crippen LogP contribution in [0.5, 0.6) is 0 Å². The Kier molecular flexibility index (Phi) is 5.54. The van der Waals surface area contributed by atoms with Crippen LogP contribution >= 0.6 is 11.3 Å². The van der Waals surface area contributed by atoms with Crippen LogP contribution in [0.15, 0.2) is 105 Å². The molecule has 0 aliphatic carbocycles. The first-order chi connectivity index (χ1) is 15.4. The van der Waals surface area contributed by atoms with E-state index in [1.54, 1.807) is 23.7 Å². The summed E-state index contributed by atoms with van der Waals surface area (Å²) in [5, 5.41) is 7.79. The summed E-state index contributed by atoms with van der Waals surface area (Å²) in [6.45, 7) is 0.684. The fraction of sp³-hybridized carbons (Fsp3) is 0.0800. The average Bonchev–Trinajstić information content (AvgIpc) is 3.43. The molecule has 0 bridgehead atoms. The van der Waals surface area contributed by atoms with Crippen molar-refractivity contribution in [1.82, 2.24) is 9.66 Å². The first-order valence-electron chi connectivity index (χ1n) is 10.1. The highest BCUT2D eigenvalue weighted by Crippen LogP contribution is 2.28. The van der Waals surface area contributed by atoms with Crippen LogP contribution in [0, 0.1) is 0 Å². The summed E-state index contributed by atoms with van der Waals surface area (Å²) in [6, 6.07) is 26.2. The van der Waals surface area contributed by atoms with Gasteiger partial charge in [-0.1, -0.05) is 54.6 Å². The third-order valence-corrected chi connectivity index (χ3v) is 5.70. The molecule has 0 amide bonds. The molecule has 0 saturated heterocycles. The summed E-state index contributed by atoms with van der Waals surface area (Å²) in [4.78, 5) is 9.97. The molecule has 3 aromatic heterocycles. The molecule has 0 saturated carbocycles. The molecule has 5 aromatic rings. The average molecular weight is 425 g/mol. The lowest BCUT2D eigenvalue weighted by atomic mass is 10.2. The molecular weight excluding hydrogens is 404 g/mol. The van der Waals surface area contributed by atoms with E-state index in [4.69, 9.17) is 14.5 Å². The second kappa shape index (κ2) is 8.93. The van der Waals surface area contributed by atoms with Crippen LogP contribution < -0.4 is 4.80 Å². The van der Waals surface area contributed by atoms with Gasteiger partial charge in [0, 0.05) is 23.5 Å². The molecule has 0 fully saturated rings. The van der Waals surface area contributed by atoms with Gasteiger partial charge in [0.1, 0.15) is 11.3 Å². The van der Waals surface area contributed by atoms with Gasteiger partial charge in [-0.3, -0.25) is 9.98 Å². The maximum Gasteiger partial charge on any atom is 0.206 e. The largest absolute Gasteiger partial charge is 0.454 e. The van der Waals surface area contributed by atoms with Gasteiger partial charge >= 0.3 is 0 Å². The first-order valence-corrected chi connectivity index (χ1v) is 10.9. The summed E-state index contributed by atoms with van der Waals surface area (Å²) >= 11 is 1.55. The number of furan rings is 1. The molecule has 0 aliphatic heterocycles. The van der Waals surface area contributed by atoms with Crippen molar-refractivity contribution in [2.75, 3.05) is 6.54 Å². The molecule has 152 valence electrons.